The van der Waals surface area contributed by atoms with Gasteiger partial charge in [-0.05, 0) is 34.2 Å². The SMILES string of the molecule is CCC1C[C@H](O[Si](c2ccccc2)(c2ccccc2)C(C)(C)C)[C@@H](F)C1. The molecule has 3 rings (SSSR count). The molecule has 26 heavy (non-hydrogen) atoms. The van der Waals surface area contributed by atoms with Crippen LogP contribution in [-0.4, -0.2) is 20.6 Å². The molecule has 1 unspecified atom stereocenters. The van der Waals surface area contributed by atoms with Crippen molar-refractivity contribution >= 4 is 18.7 Å². The van der Waals surface area contributed by atoms with Gasteiger partial charge in [0, 0.05) is 0 Å². The Hall–Kier alpha value is -1.45. The first-order valence-corrected chi connectivity index (χ1v) is 11.7. The zero-order valence-corrected chi connectivity index (χ0v) is 17.4. The maximum atomic E-state index is 14.9. The lowest BCUT2D eigenvalue weighted by atomic mass is 10.1. The Morgan fingerprint density at radius 2 is 1.42 bits per heavy atom. The molecule has 1 aliphatic rings. The topological polar surface area (TPSA) is 9.23 Å². The highest BCUT2D eigenvalue weighted by molar-refractivity contribution is 6.99. The molecule has 3 atom stereocenters. The summed E-state index contributed by atoms with van der Waals surface area (Å²) in [6.07, 6.45) is 1.34. The highest BCUT2D eigenvalue weighted by Crippen LogP contribution is 2.41. The second-order valence-electron chi connectivity index (χ2n) is 8.58. The summed E-state index contributed by atoms with van der Waals surface area (Å²) < 4.78 is 21.8. The molecule has 0 heterocycles. The minimum Gasteiger partial charge on any atom is -0.401 e. The van der Waals surface area contributed by atoms with Gasteiger partial charge in [0.05, 0.1) is 6.10 Å². The van der Waals surface area contributed by atoms with E-state index in [1.165, 1.54) is 10.4 Å². The number of rotatable bonds is 5. The van der Waals surface area contributed by atoms with Crippen molar-refractivity contribution in [1.29, 1.82) is 0 Å². The lowest BCUT2D eigenvalue weighted by Gasteiger charge is -2.45. The number of hydrogen-bond donors (Lipinski definition) is 0. The van der Waals surface area contributed by atoms with Gasteiger partial charge in [-0.25, -0.2) is 4.39 Å². The Balaban J connectivity index is 2.12. The Morgan fingerprint density at radius 1 is 0.923 bits per heavy atom. The molecule has 0 radical (unpaired) electrons. The van der Waals surface area contributed by atoms with E-state index < -0.39 is 14.5 Å². The number of alkyl halides is 1. The van der Waals surface area contributed by atoms with Crippen LogP contribution in [0.25, 0.3) is 0 Å². The fourth-order valence-electron chi connectivity index (χ4n) is 4.42. The average Bonchev–Trinajstić information content (AvgIpc) is 3.00. The van der Waals surface area contributed by atoms with Crippen molar-refractivity contribution < 1.29 is 8.82 Å². The van der Waals surface area contributed by atoms with Gasteiger partial charge >= 0.3 is 0 Å². The summed E-state index contributed by atoms with van der Waals surface area (Å²) in [6, 6.07) is 21.1. The summed E-state index contributed by atoms with van der Waals surface area (Å²) in [5.41, 5.74) is 0. The monoisotopic (exact) mass is 370 g/mol. The average molecular weight is 371 g/mol. The van der Waals surface area contributed by atoms with Crippen LogP contribution in [0.4, 0.5) is 4.39 Å². The first kappa shape index (κ1) is 19.3. The Labute approximate surface area is 158 Å². The van der Waals surface area contributed by atoms with Crippen molar-refractivity contribution in [3.8, 4) is 0 Å². The standard InChI is InChI=1S/C23H31FOSi/c1-5-18-16-21(24)22(17-18)25-26(23(2,3)4,19-12-8-6-9-13-19)20-14-10-7-11-15-20/h6-15,18,21-22H,5,16-17H2,1-4H3/t18?,21-,22-/m0/s1. The molecule has 1 fully saturated rings. The Morgan fingerprint density at radius 3 is 1.81 bits per heavy atom. The number of benzene rings is 2. The summed E-state index contributed by atoms with van der Waals surface area (Å²) in [7, 11) is -2.64. The molecule has 1 aliphatic carbocycles. The zero-order valence-electron chi connectivity index (χ0n) is 16.4. The minimum atomic E-state index is -2.64. The van der Waals surface area contributed by atoms with Crippen LogP contribution in [0.15, 0.2) is 60.7 Å². The van der Waals surface area contributed by atoms with Gasteiger partial charge in [-0.3, -0.25) is 0 Å². The molecule has 1 saturated carbocycles. The second-order valence-corrected chi connectivity index (χ2v) is 12.8. The third-order valence-electron chi connectivity index (χ3n) is 5.85. The lowest BCUT2D eigenvalue weighted by Crippen LogP contribution is -2.68. The predicted octanol–water partition coefficient (Wildman–Crippen LogP) is 5.09. The van der Waals surface area contributed by atoms with E-state index in [1.54, 1.807) is 0 Å². The molecule has 0 aliphatic heterocycles. The van der Waals surface area contributed by atoms with Crippen LogP contribution in [0, 0.1) is 5.92 Å². The largest absolute Gasteiger partial charge is 0.401 e. The third kappa shape index (κ3) is 3.52. The quantitative estimate of drug-likeness (QED) is 0.666. The molecule has 0 saturated heterocycles. The van der Waals surface area contributed by atoms with Crippen molar-refractivity contribution in [3.63, 3.8) is 0 Å². The van der Waals surface area contributed by atoms with Gasteiger partial charge in [0.1, 0.15) is 6.17 Å². The van der Waals surface area contributed by atoms with Gasteiger partial charge in [0.25, 0.3) is 8.32 Å². The maximum absolute atomic E-state index is 14.9. The van der Waals surface area contributed by atoms with Crippen LogP contribution in [0.3, 0.4) is 0 Å². The molecule has 1 nitrogen and oxygen atoms in total. The van der Waals surface area contributed by atoms with Gasteiger partial charge in [0.15, 0.2) is 0 Å². The van der Waals surface area contributed by atoms with E-state index >= 15 is 0 Å². The van der Waals surface area contributed by atoms with E-state index in [0.29, 0.717) is 12.3 Å². The van der Waals surface area contributed by atoms with Gasteiger partial charge in [-0.1, -0.05) is 94.8 Å². The molecule has 0 spiro atoms. The smallest absolute Gasteiger partial charge is 0.261 e. The van der Waals surface area contributed by atoms with E-state index in [9.17, 15) is 4.39 Å². The number of halogens is 1. The molecule has 0 bridgehead atoms. The molecule has 3 heteroatoms. The van der Waals surface area contributed by atoms with Crippen LogP contribution in [0.5, 0.6) is 0 Å². The van der Waals surface area contributed by atoms with E-state index in [0.717, 1.165) is 12.8 Å². The molecule has 2 aromatic rings. The second kappa shape index (κ2) is 7.65. The summed E-state index contributed by atoms with van der Waals surface area (Å²) in [4.78, 5) is 0. The summed E-state index contributed by atoms with van der Waals surface area (Å²) >= 11 is 0. The normalized spacial score (nSPS) is 24.0. The highest BCUT2D eigenvalue weighted by Gasteiger charge is 2.53. The first-order valence-electron chi connectivity index (χ1n) is 9.81. The zero-order chi connectivity index (χ0) is 18.8. The molecular formula is C23H31FOSi. The third-order valence-corrected chi connectivity index (χ3v) is 10.9. The van der Waals surface area contributed by atoms with Crippen LogP contribution in [-0.2, 0) is 4.43 Å². The predicted molar refractivity (Wildman–Crippen MR) is 110 cm³/mol. The van der Waals surface area contributed by atoms with E-state index in [-0.39, 0.29) is 11.1 Å². The van der Waals surface area contributed by atoms with E-state index in [1.807, 2.05) is 12.1 Å². The molecule has 0 aromatic heterocycles. The molecule has 2 aromatic carbocycles. The first-order chi connectivity index (χ1) is 12.4. The van der Waals surface area contributed by atoms with Crippen LogP contribution in [0.1, 0.15) is 47.0 Å². The Bertz CT molecular complexity index is 656. The summed E-state index contributed by atoms with van der Waals surface area (Å²) in [6.45, 7) is 8.90. The fourth-order valence-corrected chi connectivity index (χ4v) is 9.13. The van der Waals surface area contributed by atoms with Crippen molar-refractivity contribution in [3.05, 3.63) is 60.7 Å². The molecule has 140 valence electrons. The van der Waals surface area contributed by atoms with E-state index in [2.05, 4.69) is 76.2 Å². The van der Waals surface area contributed by atoms with Crippen molar-refractivity contribution in [2.24, 2.45) is 5.92 Å². The Kier molecular flexibility index (Phi) is 5.69. The molecular weight excluding hydrogens is 339 g/mol. The van der Waals surface area contributed by atoms with Gasteiger partial charge in [-0.15, -0.1) is 0 Å². The van der Waals surface area contributed by atoms with Crippen molar-refractivity contribution in [2.75, 3.05) is 0 Å². The summed E-state index contributed by atoms with van der Waals surface area (Å²) in [5, 5.41) is 2.36. The molecule has 0 amide bonds. The summed E-state index contributed by atoms with van der Waals surface area (Å²) in [5.74, 6) is 0.438. The van der Waals surface area contributed by atoms with Crippen molar-refractivity contribution in [2.45, 2.75) is 64.3 Å². The fraction of sp³-hybridized carbons (Fsp3) is 0.478. The molecule has 0 N–H and O–H groups in total. The van der Waals surface area contributed by atoms with Crippen molar-refractivity contribution in [1.82, 2.24) is 0 Å². The number of hydrogen-bond acceptors (Lipinski definition) is 1. The van der Waals surface area contributed by atoms with Crippen LogP contribution >= 0.6 is 0 Å². The highest BCUT2D eigenvalue weighted by atomic mass is 28.4. The van der Waals surface area contributed by atoms with Gasteiger partial charge in [-0.2, -0.15) is 0 Å². The van der Waals surface area contributed by atoms with Crippen LogP contribution < -0.4 is 10.4 Å². The van der Waals surface area contributed by atoms with Gasteiger partial charge < -0.3 is 4.43 Å². The van der Waals surface area contributed by atoms with Crippen LogP contribution in [0.2, 0.25) is 5.04 Å². The van der Waals surface area contributed by atoms with Gasteiger partial charge in [0.2, 0.25) is 0 Å². The maximum Gasteiger partial charge on any atom is 0.261 e. The van der Waals surface area contributed by atoms with E-state index in [4.69, 9.17) is 4.43 Å². The lowest BCUT2D eigenvalue weighted by molar-refractivity contribution is 0.115. The minimum absolute atomic E-state index is 0.0975.